The molecule has 1 aromatic heterocycles. The van der Waals surface area contributed by atoms with Gasteiger partial charge in [-0.15, -0.1) is 0 Å². The van der Waals surface area contributed by atoms with Crippen LogP contribution in [0.15, 0.2) is 34.0 Å². The highest BCUT2D eigenvalue weighted by Crippen LogP contribution is 2.60. The maximum Gasteiger partial charge on any atom is 0.246 e. The molecule has 1 heterocycles. The summed E-state index contributed by atoms with van der Waals surface area (Å²) in [6.07, 6.45) is 12.6. The van der Waals surface area contributed by atoms with Gasteiger partial charge in [-0.05, 0) is 87.5 Å². The maximum absolute atomic E-state index is 12.8. The Morgan fingerprint density at radius 3 is 2.48 bits per heavy atom. The second-order valence-corrected chi connectivity index (χ2v) is 7.74. The molecule has 4 nitrogen and oxygen atoms in total. The summed E-state index contributed by atoms with van der Waals surface area (Å²) < 4.78 is 5.24. The van der Waals surface area contributed by atoms with Crippen LogP contribution in [-0.4, -0.2) is 11.6 Å². The van der Waals surface area contributed by atoms with Crippen LogP contribution in [0.2, 0.25) is 0 Å². The average Bonchev–Trinajstić information content (AvgIpc) is 3.02. The van der Waals surface area contributed by atoms with E-state index >= 15 is 0 Å². The van der Waals surface area contributed by atoms with Crippen LogP contribution in [0, 0.1) is 23.2 Å². The molecule has 0 saturated heterocycles. The molecule has 0 unspecified atom stereocenters. The van der Waals surface area contributed by atoms with Gasteiger partial charge in [-0.3, -0.25) is 4.79 Å². The van der Waals surface area contributed by atoms with Gasteiger partial charge in [0.2, 0.25) is 5.91 Å². The summed E-state index contributed by atoms with van der Waals surface area (Å²) in [6.45, 7) is 1.89. The van der Waals surface area contributed by atoms with Crippen LogP contribution in [0.3, 0.4) is 0 Å². The molecule has 1 N–H and O–H groups in total. The SMILES string of the molecule is CC(/C=C/c1ccco1)=NNC(=O)C12CC3CC(CC(C3)C1)C2. The fourth-order valence-electron chi connectivity index (χ4n) is 5.27. The minimum Gasteiger partial charge on any atom is -0.465 e. The topological polar surface area (TPSA) is 54.6 Å². The summed E-state index contributed by atoms with van der Waals surface area (Å²) in [5.41, 5.74) is 3.48. The van der Waals surface area contributed by atoms with E-state index in [1.54, 1.807) is 6.26 Å². The minimum atomic E-state index is -0.136. The fraction of sp³-hybridized carbons (Fsp3) is 0.579. The normalized spacial score (nSPS) is 35.9. The van der Waals surface area contributed by atoms with Crippen molar-refractivity contribution in [3.63, 3.8) is 0 Å². The molecule has 0 spiro atoms. The summed E-state index contributed by atoms with van der Waals surface area (Å²) in [5.74, 6) is 3.25. The number of rotatable bonds is 4. The number of furan rings is 1. The standard InChI is InChI=1S/C19H24N2O2/c1-13(4-5-17-3-2-6-23-17)20-21-18(22)19-10-14-7-15(11-19)9-16(8-14)12-19/h2-6,14-16H,7-12H2,1H3,(H,21,22)/b5-4+,20-13?. The highest BCUT2D eigenvalue weighted by Gasteiger charge is 2.54. The molecule has 0 aliphatic heterocycles. The molecule has 1 aromatic rings. The first-order valence-corrected chi connectivity index (χ1v) is 8.69. The monoisotopic (exact) mass is 312 g/mol. The van der Waals surface area contributed by atoms with Gasteiger partial charge in [0.1, 0.15) is 5.76 Å². The molecular weight excluding hydrogens is 288 g/mol. The van der Waals surface area contributed by atoms with Crippen LogP contribution in [0.5, 0.6) is 0 Å². The summed E-state index contributed by atoms with van der Waals surface area (Å²) in [5, 5.41) is 4.27. The Kier molecular flexibility index (Phi) is 3.63. The third kappa shape index (κ3) is 2.87. The zero-order valence-electron chi connectivity index (χ0n) is 13.6. The van der Waals surface area contributed by atoms with Gasteiger partial charge >= 0.3 is 0 Å². The summed E-state index contributed by atoms with van der Waals surface area (Å²) in [7, 11) is 0. The highest BCUT2D eigenvalue weighted by molar-refractivity contribution is 5.97. The zero-order valence-corrected chi connectivity index (χ0v) is 13.6. The minimum absolute atomic E-state index is 0.136. The van der Waals surface area contributed by atoms with Gasteiger partial charge in [0.25, 0.3) is 0 Å². The molecule has 122 valence electrons. The Morgan fingerprint density at radius 2 is 1.91 bits per heavy atom. The van der Waals surface area contributed by atoms with Crippen molar-refractivity contribution in [2.45, 2.75) is 45.4 Å². The Morgan fingerprint density at radius 1 is 1.26 bits per heavy atom. The van der Waals surface area contributed by atoms with Crippen LogP contribution in [0.1, 0.15) is 51.2 Å². The maximum atomic E-state index is 12.8. The van der Waals surface area contributed by atoms with Gasteiger partial charge in [-0.25, -0.2) is 5.43 Å². The Balaban J connectivity index is 1.41. The molecule has 0 atom stereocenters. The first-order valence-electron chi connectivity index (χ1n) is 8.69. The average molecular weight is 312 g/mol. The number of carbonyl (C=O) groups is 1. The van der Waals surface area contributed by atoms with Gasteiger partial charge in [0, 0.05) is 0 Å². The lowest BCUT2D eigenvalue weighted by Crippen LogP contribution is -2.52. The van der Waals surface area contributed by atoms with E-state index in [2.05, 4.69) is 10.5 Å². The first kappa shape index (κ1) is 14.7. The van der Waals surface area contributed by atoms with Crippen molar-refractivity contribution in [1.29, 1.82) is 0 Å². The highest BCUT2D eigenvalue weighted by atomic mass is 16.3. The number of allylic oxidation sites excluding steroid dienone is 1. The van der Waals surface area contributed by atoms with E-state index in [1.165, 1.54) is 19.3 Å². The van der Waals surface area contributed by atoms with Crippen LogP contribution in [0.4, 0.5) is 0 Å². The molecule has 4 heteroatoms. The van der Waals surface area contributed by atoms with Crippen molar-refractivity contribution >= 4 is 17.7 Å². The zero-order chi connectivity index (χ0) is 15.9. The lowest BCUT2D eigenvalue weighted by Gasteiger charge is -2.55. The van der Waals surface area contributed by atoms with Crippen molar-refractivity contribution in [3.8, 4) is 0 Å². The predicted octanol–water partition coefficient (Wildman–Crippen LogP) is 4.00. The molecule has 0 aromatic carbocycles. The van der Waals surface area contributed by atoms with Crippen molar-refractivity contribution < 1.29 is 9.21 Å². The number of hydrogen-bond donors (Lipinski definition) is 1. The van der Waals surface area contributed by atoms with Crippen LogP contribution in [-0.2, 0) is 4.79 Å². The van der Waals surface area contributed by atoms with E-state index < -0.39 is 0 Å². The molecule has 0 radical (unpaired) electrons. The Bertz CT molecular complexity index is 607. The van der Waals surface area contributed by atoms with Gasteiger partial charge in [0.05, 0.1) is 17.4 Å². The number of nitrogens with one attached hydrogen (secondary N) is 1. The van der Waals surface area contributed by atoms with E-state index in [-0.39, 0.29) is 11.3 Å². The predicted molar refractivity (Wildman–Crippen MR) is 89.6 cm³/mol. The van der Waals surface area contributed by atoms with E-state index in [9.17, 15) is 4.79 Å². The van der Waals surface area contributed by atoms with Crippen LogP contribution < -0.4 is 5.43 Å². The Labute approximate surface area is 137 Å². The smallest absolute Gasteiger partial charge is 0.246 e. The number of hydrazone groups is 1. The largest absolute Gasteiger partial charge is 0.465 e. The third-order valence-corrected chi connectivity index (χ3v) is 5.89. The van der Waals surface area contributed by atoms with Crippen molar-refractivity contribution in [2.24, 2.45) is 28.3 Å². The molecule has 23 heavy (non-hydrogen) atoms. The van der Waals surface area contributed by atoms with E-state index in [0.29, 0.717) is 0 Å². The molecule has 4 saturated carbocycles. The second kappa shape index (κ2) is 5.66. The quantitative estimate of drug-likeness (QED) is 0.675. The fourth-order valence-corrected chi connectivity index (χ4v) is 5.27. The van der Waals surface area contributed by atoms with Crippen LogP contribution >= 0.6 is 0 Å². The molecule has 4 bridgehead atoms. The van der Waals surface area contributed by atoms with E-state index in [1.807, 2.05) is 31.2 Å². The molecular formula is C19H24N2O2. The number of amides is 1. The van der Waals surface area contributed by atoms with Gasteiger partial charge < -0.3 is 4.42 Å². The van der Waals surface area contributed by atoms with Crippen molar-refractivity contribution in [1.82, 2.24) is 5.43 Å². The molecule has 4 aliphatic rings. The summed E-state index contributed by atoms with van der Waals surface area (Å²) in [4.78, 5) is 12.8. The van der Waals surface area contributed by atoms with Crippen LogP contribution in [0.25, 0.3) is 6.08 Å². The number of nitrogens with zero attached hydrogens (tertiary/aromatic N) is 1. The third-order valence-electron chi connectivity index (χ3n) is 5.89. The lowest BCUT2D eigenvalue weighted by molar-refractivity contribution is -0.146. The van der Waals surface area contributed by atoms with Gasteiger partial charge in [0.15, 0.2) is 0 Å². The first-order chi connectivity index (χ1) is 11.1. The molecule has 4 fully saturated rings. The van der Waals surface area contributed by atoms with E-state index in [4.69, 9.17) is 4.42 Å². The lowest BCUT2D eigenvalue weighted by atomic mass is 9.49. The number of hydrogen-bond acceptors (Lipinski definition) is 3. The van der Waals surface area contributed by atoms with Gasteiger partial charge in [-0.1, -0.05) is 0 Å². The summed E-state index contributed by atoms with van der Waals surface area (Å²) >= 11 is 0. The molecule has 1 amide bonds. The van der Waals surface area contributed by atoms with Crippen molar-refractivity contribution in [3.05, 3.63) is 30.2 Å². The van der Waals surface area contributed by atoms with Gasteiger partial charge in [-0.2, -0.15) is 5.10 Å². The summed E-state index contributed by atoms with van der Waals surface area (Å²) in [6, 6.07) is 3.73. The molecule has 5 rings (SSSR count). The second-order valence-electron chi connectivity index (χ2n) is 7.74. The van der Waals surface area contributed by atoms with Crippen molar-refractivity contribution in [2.75, 3.05) is 0 Å². The van der Waals surface area contributed by atoms with E-state index in [0.717, 1.165) is 48.5 Å². The molecule has 4 aliphatic carbocycles. The Hall–Kier alpha value is -1.84. The number of carbonyl (C=O) groups excluding carboxylic acids is 1.